The van der Waals surface area contributed by atoms with Gasteiger partial charge in [0.2, 0.25) is 17.7 Å². The fourth-order valence-electron chi connectivity index (χ4n) is 3.34. The molecule has 2 N–H and O–H groups in total. The van der Waals surface area contributed by atoms with Crippen LogP contribution in [-0.2, 0) is 20.9 Å². The molecule has 170 valence electrons. The number of aryl methyl sites for hydroxylation is 2. The lowest BCUT2D eigenvalue weighted by molar-refractivity contribution is -0.125. The van der Waals surface area contributed by atoms with Gasteiger partial charge in [-0.3, -0.25) is 14.4 Å². The summed E-state index contributed by atoms with van der Waals surface area (Å²) in [4.78, 5) is 43.6. The molecular formula is C26H28N4O3. The normalized spacial score (nSPS) is 10.4. The van der Waals surface area contributed by atoms with Gasteiger partial charge in [0.15, 0.2) is 0 Å². The Bertz CT molecular complexity index is 1120. The molecule has 0 aliphatic carbocycles. The summed E-state index contributed by atoms with van der Waals surface area (Å²) >= 11 is 0. The number of aromatic nitrogens is 1. The van der Waals surface area contributed by atoms with Crippen LogP contribution in [0, 0.1) is 13.8 Å². The van der Waals surface area contributed by atoms with Gasteiger partial charge in [-0.15, -0.1) is 0 Å². The molecule has 0 fully saturated rings. The van der Waals surface area contributed by atoms with E-state index in [1.807, 2.05) is 68.4 Å². The van der Waals surface area contributed by atoms with Crippen LogP contribution in [0.1, 0.15) is 29.5 Å². The standard InChI is InChI=1S/C26H28N4O3/c1-19-14-15-27-23(16-19)29-24(31)12-13-26(33)30(22-11-7-6-8-20(22)2)18-25(32)28-17-21-9-4-3-5-10-21/h3-11,14-16H,12-13,17-18H2,1-2H3,(H,28,32)(H,27,29,31). The number of rotatable bonds is 9. The highest BCUT2D eigenvalue weighted by Gasteiger charge is 2.21. The van der Waals surface area contributed by atoms with Gasteiger partial charge in [-0.05, 0) is 48.7 Å². The summed E-state index contributed by atoms with van der Waals surface area (Å²) < 4.78 is 0. The number of pyridine rings is 1. The first-order valence-corrected chi connectivity index (χ1v) is 10.8. The second-order valence-electron chi connectivity index (χ2n) is 7.80. The molecular weight excluding hydrogens is 416 g/mol. The molecule has 0 saturated carbocycles. The SMILES string of the molecule is Cc1ccnc(NC(=O)CCC(=O)N(CC(=O)NCc2ccccc2)c2ccccc2C)c1. The molecule has 0 aliphatic rings. The largest absolute Gasteiger partial charge is 0.350 e. The number of hydrogen-bond acceptors (Lipinski definition) is 4. The van der Waals surface area contributed by atoms with E-state index in [0.29, 0.717) is 18.1 Å². The maximum Gasteiger partial charge on any atom is 0.240 e. The van der Waals surface area contributed by atoms with Gasteiger partial charge in [0.25, 0.3) is 0 Å². The van der Waals surface area contributed by atoms with Crippen LogP contribution in [0.15, 0.2) is 72.9 Å². The third kappa shape index (κ3) is 7.28. The van der Waals surface area contributed by atoms with E-state index in [0.717, 1.165) is 16.7 Å². The molecule has 7 heteroatoms. The van der Waals surface area contributed by atoms with Crippen LogP contribution in [0.4, 0.5) is 11.5 Å². The van der Waals surface area contributed by atoms with E-state index in [-0.39, 0.29) is 37.1 Å². The zero-order valence-corrected chi connectivity index (χ0v) is 18.9. The molecule has 0 bridgehead atoms. The first-order chi connectivity index (χ1) is 15.9. The summed E-state index contributed by atoms with van der Waals surface area (Å²) in [5, 5.41) is 5.56. The predicted octanol–water partition coefficient (Wildman–Crippen LogP) is 3.77. The highest BCUT2D eigenvalue weighted by molar-refractivity contribution is 6.01. The van der Waals surface area contributed by atoms with Crippen molar-refractivity contribution in [2.24, 2.45) is 0 Å². The summed E-state index contributed by atoms with van der Waals surface area (Å²) in [5.41, 5.74) is 3.47. The van der Waals surface area contributed by atoms with Crippen molar-refractivity contribution >= 4 is 29.2 Å². The van der Waals surface area contributed by atoms with Crippen LogP contribution in [0.5, 0.6) is 0 Å². The van der Waals surface area contributed by atoms with Crippen molar-refractivity contribution in [3.05, 3.63) is 89.6 Å². The Morgan fingerprint density at radius 2 is 1.61 bits per heavy atom. The van der Waals surface area contributed by atoms with Gasteiger partial charge >= 0.3 is 0 Å². The van der Waals surface area contributed by atoms with Crippen LogP contribution >= 0.6 is 0 Å². The summed E-state index contributed by atoms with van der Waals surface area (Å²) in [6, 6.07) is 20.5. The lowest BCUT2D eigenvalue weighted by Crippen LogP contribution is -2.41. The van der Waals surface area contributed by atoms with Crippen LogP contribution in [0.25, 0.3) is 0 Å². The fourth-order valence-corrected chi connectivity index (χ4v) is 3.34. The number of hydrogen-bond donors (Lipinski definition) is 2. The number of carbonyl (C=O) groups is 3. The maximum atomic E-state index is 13.1. The molecule has 0 atom stereocenters. The second-order valence-corrected chi connectivity index (χ2v) is 7.80. The summed E-state index contributed by atoms with van der Waals surface area (Å²) in [6.07, 6.45) is 1.57. The molecule has 0 saturated heterocycles. The zero-order valence-electron chi connectivity index (χ0n) is 18.9. The summed E-state index contributed by atoms with van der Waals surface area (Å²) in [6.45, 7) is 4.04. The molecule has 0 unspecified atom stereocenters. The Labute approximate surface area is 193 Å². The Morgan fingerprint density at radius 1 is 0.879 bits per heavy atom. The highest BCUT2D eigenvalue weighted by Crippen LogP contribution is 2.20. The van der Waals surface area contributed by atoms with Crippen molar-refractivity contribution in [2.45, 2.75) is 33.2 Å². The average molecular weight is 445 g/mol. The molecule has 3 rings (SSSR count). The van der Waals surface area contributed by atoms with Crippen LogP contribution in [0.3, 0.4) is 0 Å². The predicted molar refractivity (Wildman–Crippen MR) is 129 cm³/mol. The van der Waals surface area contributed by atoms with Gasteiger partial charge in [-0.2, -0.15) is 0 Å². The van der Waals surface area contributed by atoms with Gasteiger partial charge in [0.1, 0.15) is 12.4 Å². The van der Waals surface area contributed by atoms with Crippen molar-refractivity contribution in [2.75, 3.05) is 16.8 Å². The molecule has 0 radical (unpaired) electrons. The van der Waals surface area contributed by atoms with Gasteiger partial charge in [-0.1, -0.05) is 48.5 Å². The molecule has 1 heterocycles. The average Bonchev–Trinajstić information content (AvgIpc) is 2.81. The first kappa shape index (κ1) is 23.7. The lowest BCUT2D eigenvalue weighted by atomic mass is 10.1. The number of nitrogens with one attached hydrogen (secondary N) is 2. The van der Waals surface area contributed by atoms with Crippen LogP contribution in [0.2, 0.25) is 0 Å². The maximum absolute atomic E-state index is 13.1. The Balaban J connectivity index is 1.63. The number of para-hydroxylation sites is 1. The minimum absolute atomic E-state index is 0.0114. The van der Waals surface area contributed by atoms with Crippen LogP contribution in [-0.4, -0.2) is 29.3 Å². The Kier molecular flexibility index (Phi) is 8.30. The number of benzene rings is 2. The van der Waals surface area contributed by atoms with E-state index in [1.54, 1.807) is 18.3 Å². The van der Waals surface area contributed by atoms with Gasteiger partial charge in [-0.25, -0.2) is 4.98 Å². The quantitative estimate of drug-likeness (QED) is 0.526. The second kappa shape index (κ2) is 11.6. The smallest absolute Gasteiger partial charge is 0.240 e. The fraction of sp³-hybridized carbons (Fsp3) is 0.231. The van der Waals surface area contributed by atoms with Crippen molar-refractivity contribution in [3.63, 3.8) is 0 Å². The molecule has 0 spiro atoms. The van der Waals surface area contributed by atoms with E-state index < -0.39 is 0 Å². The Hall–Kier alpha value is -4.00. The first-order valence-electron chi connectivity index (χ1n) is 10.8. The summed E-state index contributed by atoms with van der Waals surface area (Å²) in [7, 11) is 0. The molecule has 2 aromatic carbocycles. The number of nitrogens with zero attached hydrogens (tertiary/aromatic N) is 2. The van der Waals surface area contributed by atoms with E-state index in [9.17, 15) is 14.4 Å². The van der Waals surface area contributed by atoms with Crippen LogP contribution < -0.4 is 15.5 Å². The monoisotopic (exact) mass is 444 g/mol. The molecule has 7 nitrogen and oxygen atoms in total. The number of carbonyl (C=O) groups excluding carboxylic acids is 3. The van der Waals surface area contributed by atoms with Crippen molar-refractivity contribution < 1.29 is 14.4 Å². The lowest BCUT2D eigenvalue weighted by Gasteiger charge is -2.24. The van der Waals surface area contributed by atoms with E-state index in [4.69, 9.17) is 0 Å². The number of anilines is 2. The minimum atomic E-state index is -0.306. The van der Waals surface area contributed by atoms with Gasteiger partial charge in [0.05, 0.1) is 0 Å². The molecule has 1 aromatic heterocycles. The van der Waals surface area contributed by atoms with Crippen molar-refractivity contribution in [1.29, 1.82) is 0 Å². The molecule has 0 aliphatic heterocycles. The highest BCUT2D eigenvalue weighted by atomic mass is 16.2. The summed E-state index contributed by atoms with van der Waals surface area (Å²) in [5.74, 6) is -0.432. The molecule has 3 amide bonds. The van der Waals surface area contributed by atoms with Gasteiger partial charge < -0.3 is 15.5 Å². The third-order valence-electron chi connectivity index (χ3n) is 5.09. The molecule has 3 aromatic rings. The number of amides is 3. The van der Waals surface area contributed by atoms with Crippen molar-refractivity contribution in [1.82, 2.24) is 10.3 Å². The van der Waals surface area contributed by atoms with E-state index in [2.05, 4.69) is 15.6 Å². The van der Waals surface area contributed by atoms with Crippen molar-refractivity contribution in [3.8, 4) is 0 Å². The molecule has 33 heavy (non-hydrogen) atoms. The van der Waals surface area contributed by atoms with E-state index in [1.165, 1.54) is 4.90 Å². The van der Waals surface area contributed by atoms with E-state index >= 15 is 0 Å². The minimum Gasteiger partial charge on any atom is -0.350 e. The van der Waals surface area contributed by atoms with Gasteiger partial charge in [0, 0.05) is 31.3 Å². The topological polar surface area (TPSA) is 91.4 Å². The Morgan fingerprint density at radius 3 is 2.33 bits per heavy atom. The zero-order chi connectivity index (χ0) is 23.6. The third-order valence-corrected chi connectivity index (χ3v) is 5.09.